The number of carbonyl (C=O) groups excluding carboxylic acids is 1. The van der Waals surface area contributed by atoms with Crippen LogP contribution in [0.5, 0.6) is 11.5 Å². The number of ether oxygens (including phenoxy) is 3. The van der Waals surface area contributed by atoms with Gasteiger partial charge >= 0.3 is 6.03 Å². The van der Waals surface area contributed by atoms with Crippen LogP contribution in [0.4, 0.5) is 16.2 Å². The van der Waals surface area contributed by atoms with Crippen LogP contribution in [-0.2, 0) is 11.3 Å². The van der Waals surface area contributed by atoms with Crippen LogP contribution in [0.3, 0.4) is 0 Å². The van der Waals surface area contributed by atoms with Crippen molar-refractivity contribution in [1.29, 1.82) is 0 Å². The Kier molecular flexibility index (Phi) is 6.51. The highest BCUT2D eigenvalue weighted by Crippen LogP contribution is 2.29. The number of nitrogens with zero attached hydrogens (tertiary/aromatic N) is 1. The molecule has 0 bridgehead atoms. The van der Waals surface area contributed by atoms with Gasteiger partial charge in [0.1, 0.15) is 0 Å². The number of carbonyl (C=O) groups is 1. The average molecular weight is 371 g/mol. The molecule has 1 aliphatic rings. The van der Waals surface area contributed by atoms with Gasteiger partial charge in [-0.15, -0.1) is 0 Å². The highest BCUT2D eigenvalue weighted by Gasteiger charge is 2.11. The molecule has 0 spiro atoms. The van der Waals surface area contributed by atoms with Gasteiger partial charge in [-0.3, -0.25) is 4.90 Å². The summed E-state index contributed by atoms with van der Waals surface area (Å²) in [5.74, 6) is 1.17. The van der Waals surface area contributed by atoms with Gasteiger partial charge in [0.15, 0.2) is 11.5 Å². The van der Waals surface area contributed by atoms with E-state index in [2.05, 4.69) is 15.5 Å². The Morgan fingerprint density at radius 2 is 1.59 bits per heavy atom. The Bertz CT molecular complexity index is 758. The molecule has 7 nitrogen and oxygen atoms in total. The van der Waals surface area contributed by atoms with E-state index in [4.69, 9.17) is 14.2 Å². The highest BCUT2D eigenvalue weighted by molar-refractivity contribution is 5.99. The van der Waals surface area contributed by atoms with Crippen molar-refractivity contribution >= 4 is 17.4 Å². The van der Waals surface area contributed by atoms with Crippen LogP contribution < -0.4 is 20.1 Å². The highest BCUT2D eigenvalue weighted by atomic mass is 16.5. The lowest BCUT2D eigenvalue weighted by Crippen LogP contribution is -2.35. The van der Waals surface area contributed by atoms with E-state index in [9.17, 15) is 4.79 Å². The number of hydrogen-bond acceptors (Lipinski definition) is 5. The predicted molar refractivity (Wildman–Crippen MR) is 105 cm³/mol. The third-order valence-corrected chi connectivity index (χ3v) is 4.36. The molecular weight excluding hydrogens is 346 g/mol. The minimum absolute atomic E-state index is 0.317. The lowest BCUT2D eigenvalue weighted by atomic mass is 10.2. The number of methoxy groups -OCH3 is 2. The molecule has 1 fully saturated rings. The van der Waals surface area contributed by atoms with Crippen LogP contribution >= 0.6 is 0 Å². The monoisotopic (exact) mass is 371 g/mol. The van der Waals surface area contributed by atoms with E-state index >= 15 is 0 Å². The summed E-state index contributed by atoms with van der Waals surface area (Å²) in [5.41, 5.74) is 2.57. The standard InChI is InChI=1S/C20H25N3O4/c1-25-18-8-7-17(13-19(18)26-2)22-20(24)21-16-5-3-15(4-6-16)14-23-9-11-27-12-10-23/h3-8,13H,9-12,14H2,1-2H3,(H2,21,22,24). The van der Waals surface area contributed by atoms with Gasteiger partial charge in [-0.1, -0.05) is 12.1 Å². The molecule has 2 aromatic rings. The first kappa shape index (κ1) is 19.0. The molecule has 1 saturated heterocycles. The number of hydrogen-bond donors (Lipinski definition) is 2. The van der Waals surface area contributed by atoms with Gasteiger partial charge in [0.25, 0.3) is 0 Å². The quantitative estimate of drug-likeness (QED) is 0.816. The normalized spacial score (nSPS) is 14.4. The molecule has 0 unspecified atom stereocenters. The maximum Gasteiger partial charge on any atom is 0.323 e. The number of anilines is 2. The fraction of sp³-hybridized carbons (Fsp3) is 0.350. The van der Waals surface area contributed by atoms with Gasteiger partial charge in [0.2, 0.25) is 0 Å². The van der Waals surface area contributed by atoms with Crippen molar-refractivity contribution in [3.05, 3.63) is 48.0 Å². The summed E-state index contributed by atoms with van der Waals surface area (Å²) in [6.07, 6.45) is 0. The third kappa shape index (κ3) is 5.35. The van der Waals surface area contributed by atoms with E-state index in [0.717, 1.165) is 38.5 Å². The summed E-state index contributed by atoms with van der Waals surface area (Å²) < 4.78 is 15.8. The lowest BCUT2D eigenvalue weighted by molar-refractivity contribution is 0.0342. The van der Waals surface area contributed by atoms with E-state index in [1.54, 1.807) is 32.4 Å². The molecule has 1 heterocycles. The number of rotatable bonds is 6. The lowest BCUT2D eigenvalue weighted by Gasteiger charge is -2.26. The van der Waals surface area contributed by atoms with E-state index < -0.39 is 0 Å². The first-order valence-corrected chi connectivity index (χ1v) is 8.87. The van der Waals surface area contributed by atoms with Crippen molar-refractivity contribution in [3.8, 4) is 11.5 Å². The molecule has 27 heavy (non-hydrogen) atoms. The Hall–Kier alpha value is -2.77. The Balaban J connectivity index is 1.54. The van der Waals surface area contributed by atoms with Crippen LogP contribution in [0.1, 0.15) is 5.56 Å². The molecule has 0 saturated carbocycles. The van der Waals surface area contributed by atoms with E-state index in [1.165, 1.54) is 5.56 Å². The molecule has 2 amide bonds. The van der Waals surface area contributed by atoms with Gasteiger partial charge in [0.05, 0.1) is 27.4 Å². The van der Waals surface area contributed by atoms with Crippen LogP contribution in [0, 0.1) is 0 Å². The van der Waals surface area contributed by atoms with E-state index in [1.807, 2.05) is 24.3 Å². The zero-order chi connectivity index (χ0) is 19.1. The van der Waals surface area contributed by atoms with Crippen LogP contribution in [-0.4, -0.2) is 51.5 Å². The molecule has 0 atom stereocenters. The summed E-state index contributed by atoms with van der Waals surface area (Å²) >= 11 is 0. The summed E-state index contributed by atoms with van der Waals surface area (Å²) in [6, 6.07) is 12.8. The number of benzene rings is 2. The molecule has 2 aromatic carbocycles. The second-order valence-corrected chi connectivity index (χ2v) is 6.23. The second-order valence-electron chi connectivity index (χ2n) is 6.23. The van der Waals surface area contributed by atoms with E-state index in [-0.39, 0.29) is 6.03 Å². The molecular formula is C20H25N3O4. The van der Waals surface area contributed by atoms with Gasteiger partial charge in [-0.05, 0) is 29.8 Å². The number of nitrogens with one attached hydrogen (secondary N) is 2. The topological polar surface area (TPSA) is 72.1 Å². The molecule has 1 aliphatic heterocycles. The Morgan fingerprint density at radius 3 is 2.26 bits per heavy atom. The zero-order valence-corrected chi connectivity index (χ0v) is 15.7. The van der Waals surface area contributed by atoms with Crippen LogP contribution in [0.2, 0.25) is 0 Å². The second kappa shape index (κ2) is 9.25. The van der Waals surface area contributed by atoms with E-state index in [0.29, 0.717) is 17.2 Å². The average Bonchev–Trinajstić information content (AvgIpc) is 2.70. The van der Waals surface area contributed by atoms with Gasteiger partial charge in [-0.25, -0.2) is 4.79 Å². The number of amides is 2. The van der Waals surface area contributed by atoms with Crippen molar-refractivity contribution in [3.63, 3.8) is 0 Å². The largest absolute Gasteiger partial charge is 0.493 e. The molecule has 3 rings (SSSR count). The van der Waals surface area contributed by atoms with Crippen LogP contribution in [0.25, 0.3) is 0 Å². The van der Waals surface area contributed by atoms with Crippen molar-refractivity contribution in [1.82, 2.24) is 4.90 Å². The fourth-order valence-corrected chi connectivity index (χ4v) is 2.92. The van der Waals surface area contributed by atoms with Gasteiger partial charge < -0.3 is 24.8 Å². The number of morpholine rings is 1. The number of urea groups is 1. The fourth-order valence-electron chi connectivity index (χ4n) is 2.92. The van der Waals surface area contributed by atoms with Gasteiger partial charge in [0, 0.05) is 37.1 Å². The Labute approximate surface area is 159 Å². The predicted octanol–water partition coefficient (Wildman–Crippen LogP) is 3.18. The summed E-state index contributed by atoms with van der Waals surface area (Å²) in [6.45, 7) is 4.37. The SMILES string of the molecule is COc1ccc(NC(=O)Nc2ccc(CN3CCOCC3)cc2)cc1OC. The summed E-state index contributed by atoms with van der Waals surface area (Å²) in [7, 11) is 3.13. The summed E-state index contributed by atoms with van der Waals surface area (Å²) in [4.78, 5) is 14.6. The maximum absolute atomic E-state index is 12.2. The molecule has 144 valence electrons. The Morgan fingerprint density at radius 1 is 0.963 bits per heavy atom. The third-order valence-electron chi connectivity index (χ3n) is 4.36. The molecule has 0 radical (unpaired) electrons. The van der Waals surface area contributed by atoms with Crippen molar-refractivity contribution in [2.24, 2.45) is 0 Å². The zero-order valence-electron chi connectivity index (χ0n) is 15.7. The maximum atomic E-state index is 12.2. The minimum Gasteiger partial charge on any atom is -0.493 e. The molecule has 0 aromatic heterocycles. The smallest absolute Gasteiger partial charge is 0.323 e. The molecule has 2 N–H and O–H groups in total. The summed E-state index contributed by atoms with van der Waals surface area (Å²) in [5, 5.41) is 5.62. The molecule has 7 heteroatoms. The van der Waals surface area contributed by atoms with Crippen molar-refractivity contribution in [2.45, 2.75) is 6.54 Å². The van der Waals surface area contributed by atoms with Crippen molar-refractivity contribution in [2.75, 3.05) is 51.2 Å². The minimum atomic E-state index is -0.317. The van der Waals surface area contributed by atoms with Crippen molar-refractivity contribution < 1.29 is 19.0 Å². The first-order valence-electron chi connectivity index (χ1n) is 8.87. The van der Waals surface area contributed by atoms with Gasteiger partial charge in [-0.2, -0.15) is 0 Å². The molecule has 0 aliphatic carbocycles. The van der Waals surface area contributed by atoms with Crippen LogP contribution in [0.15, 0.2) is 42.5 Å². The first-order chi connectivity index (χ1) is 13.2.